The maximum atomic E-state index is 13.4. The zero-order valence-corrected chi connectivity index (χ0v) is 21.0. The van der Waals surface area contributed by atoms with Gasteiger partial charge < -0.3 is 4.74 Å². The van der Waals surface area contributed by atoms with Crippen LogP contribution in [-0.4, -0.2) is 18.2 Å². The molecule has 0 N–H and O–H groups in total. The van der Waals surface area contributed by atoms with Crippen molar-refractivity contribution in [3.8, 4) is 5.75 Å². The number of ether oxygens (including phenoxy) is 1. The summed E-state index contributed by atoms with van der Waals surface area (Å²) < 4.78 is 6.04. The van der Waals surface area contributed by atoms with E-state index in [4.69, 9.17) is 4.74 Å². The molecule has 0 aliphatic rings. The second-order valence-corrected chi connectivity index (χ2v) is 12.3. The summed E-state index contributed by atoms with van der Waals surface area (Å²) in [6, 6.07) is 3.50. The van der Waals surface area contributed by atoms with Crippen molar-refractivity contribution in [1.29, 1.82) is 0 Å². The maximum Gasteiger partial charge on any atom is 0.193 e. The van der Waals surface area contributed by atoms with E-state index in [0.717, 1.165) is 11.1 Å². The highest BCUT2D eigenvalue weighted by molar-refractivity contribution is 6.02. The average molecular weight is 417 g/mol. The average Bonchev–Trinajstić information content (AvgIpc) is 2.65. The van der Waals surface area contributed by atoms with Crippen LogP contribution in [0.15, 0.2) is 16.9 Å². The van der Waals surface area contributed by atoms with E-state index in [1.807, 2.05) is 68.4 Å². The van der Waals surface area contributed by atoms with Gasteiger partial charge in [-0.1, -0.05) is 89.2 Å². The van der Waals surface area contributed by atoms with E-state index in [1.165, 1.54) is 0 Å². The number of hydrogen-bond donors (Lipinski definition) is 0. The smallest absolute Gasteiger partial charge is 0.193 e. The molecule has 0 radical (unpaired) electrons. The lowest BCUT2D eigenvalue weighted by molar-refractivity contribution is -0.128. The van der Waals surface area contributed by atoms with Crippen LogP contribution in [0.5, 0.6) is 5.75 Å². The Morgan fingerprint density at radius 2 is 1.27 bits per heavy atom. The van der Waals surface area contributed by atoms with E-state index in [1.54, 1.807) is 26.8 Å². The highest BCUT2D eigenvalue weighted by atomic mass is 16.5. The predicted octanol–water partition coefficient (Wildman–Crippen LogP) is 5.86. The molecule has 0 unspecified atom stereocenters. The monoisotopic (exact) mass is 416 g/mol. The number of hydrogen-bond acceptors (Lipinski definition) is 4. The van der Waals surface area contributed by atoms with Gasteiger partial charge in [0.15, 0.2) is 17.0 Å². The van der Waals surface area contributed by atoms with Crippen molar-refractivity contribution in [2.75, 3.05) is 6.61 Å². The molecule has 1 aromatic rings. The van der Waals surface area contributed by atoms with E-state index < -0.39 is 16.2 Å². The summed E-state index contributed by atoms with van der Waals surface area (Å²) in [5, 5.41) is 0. The fraction of sp³-hybridized carbons (Fsp3) is 0.654. The first-order valence-corrected chi connectivity index (χ1v) is 10.6. The molecule has 0 aliphatic heterocycles. The first kappa shape index (κ1) is 26.1. The summed E-state index contributed by atoms with van der Waals surface area (Å²) in [7, 11) is 0. The second-order valence-electron chi connectivity index (χ2n) is 12.3. The molecule has 4 nitrogen and oxygen atoms in total. The molecule has 0 aliphatic carbocycles. The molecule has 4 heteroatoms. The third-order valence-electron chi connectivity index (χ3n) is 5.07. The lowest BCUT2D eigenvalue weighted by Crippen LogP contribution is -2.30. The molecule has 0 saturated carbocycles. The molecule has 0 atom stereocenters. The molecule has 1 aromatic carbocycles. The van der Waals surface area contributed by atoms with Crippen LogP contribution >= 0.6 is 0 Å². The zero-order chi connectivity index (χ0) is 23.9. The Balaban J connectivity index is 4.02. The van der Waals surface area contributed by atoms with Gasteiger partial charge in [0, 0.05) is 16.4 Å². The summed E-state index contributed by atoms with van der Waals surface area (Å²) >= 11 is 0. The van der Waals surface area contributed by atoms with Crippen LogP contribution in [0.25, 0.3) is 0 Å². The van der Waals surface area contributed by atoms with Gasteiger partial charge in [-0.15, -0.1) is 0 Å². The van der Waals surface area contributed by atoms with E-state index in [-0.39, 0.29) is 40.3 Å². The van der Waals surface area contributed by atoms with Gasteiger partial charge in [0.05, 0.1) is 0 Å². The van der Waals surface area contributed by atoms with E-state index >= 15 is 0 Å². The van der Waals surface area contributed by atoms with Gasteiger partial charge in [-0.25, -0.2) is 0 Å². The van der Waals surface area contributed by atoms with Crippen LogP contribution in [-0.2, 0) is 15.6 Å². The molecule has 30 heavy (non-hydrogen) atoms. The minimum atomic E-state index is -0.767. The van der Waals surface area contributed by atoms with Crippen molar-refractivity contribution in [3.05, 3.63) is 39.0 Å². The highest BCUT2D eigenvalue weighted by Gasteiger charge is 2.33. The Morgan fingerprint density at radius 3 is 1.63 bits per heavy atom. The highest BCUT2D eigenvalue weighted by Crippen LogP contribution is 2.37. The largest absolute Gasteiger partial charge is 0.485 e. The summed E-state index contributed by atoms with van der Waals surface area (Å²) in [6.45, 7) is 22.8. The van der Waals surface area contributed by atoms with Gasteiger partial charge >= 0.3 is 0 Å². The quantitative estimate of drug-likeness (QED) is 0.576. The number of carbonyl (C=O) groups is 2. The van der Waals surface area contributed by atoms with Crippen molar-refractivity contribution in [1.82, 2.24) is 0 Å². The van der Waals surface area contributed by atoms with Gasteiger partial charge in [-0.2, -0.15) is 0 Å². The SMILES string of the molecule is CC(C)(C)C(=O)COc1c(C(C)(C)C)cc(C(C)(C)C)cc(=O)c1C(=O)C(C)(C)C. The molecule has 0 aromatic heterocycles. The third-order valence-corrected chi connectivity index (χ3v) is 5.07. The lowest BCUT2D eigenvalue weighted by Gasteiger charge is -2.26. The minimum Gasteiger partial charge on any atom is -0.485 e. The van der Waals surface area contributed by atoms with Crippen molar-refractivity contribution in [3.63, 3.8) is 0 Å². The number of ketones is 2. The van der Waals surface area contributed by atoms with Crippen molar-refractivity contribution in [2.45, 2.75) is 93.9 Å². The first-order valence-electron chi connectivity index (χ1n) is 10.6. The number of rotatable bonds is 4. The number of carbonyl (C=O) groups excluding carboxylic acids is 2. The normalized spacial score (nSPS) is 13.2. The van der Waals surface area contributed by atoms with Crippen LogP contribution in [0.1, 0.15) is 105 Å². The summed E-state index contributed by atoms with van der Waals surface area (Å²) in [6.07, 6.45) is 0. The molecule has 0 amide bonds. The fourth-order valence-corrected chi connectivity index (χ4v) is 2.81. The third kappa shape index (κ3) is 6.26. The summed E-state index contributed by atoms with van der Waals surface area (Å²) in [5.41, 5.74) is -0.794. The van der Waals surface area contributed by atoms with E-state index in [0.29, 0.717) is 0 Å². The second kappa shape index (κ2) is 8.28. The summed E-state index contributed by atoms with van der Waals surface area (Å²) in [4.78, 5) is 39.3. The molecule has 0 saturated heterocycles. The van der Waals surface area contributed by atoms with Crippen molar-refractivity contribution >= 4 is 11.6 Å². The van der Waals surface area contributed by atoms with Gasteiger partial charge in [-0.05, 0) is 22.5 Å². The Bertz CT molecular complexity index is 880. The predicted molar refractivity (Wildman–Crippen MR) is 124 cm³/mol. The molecule has 0 fully saturated rings. The van der Waals surface area contributed by atoms with Crippen molar-refractivity contribution < 1.29 is 14.3 Å². The Morgan fingerprint density at radius 1 is 0.767 bits per heavy atom. The Labute approximate surface area is 182 Å². The molecule has 0 heterocycles. The molecule has 0 spiro atoms. The van der Waals surface area contributed by atoms with E-state index in [2.05, 4.69) is 0 Å². The Hall–Kier alpha value is -1.97. The maximum absolute atomic E-state index is 13.4. The van der Waals surface area contributed by atoms with Crippen LogP contribution < -0.4 is 10.2 Å². The standard InChI is InChI=1S/C26H40O4/c1-23(2,3)16-13-17(24(4,5)6)21(30-15-19(28)25(7,8)9)20(18(27)14-16)22(29)26(10,11)12/h13-14H,15H2,1-12H3. The fourth-order valence-electron chi connectivity index (χ4n) is 2.81. The van der Waals surface area contributed by atoms with Gasteiger partial charge in [0.2, 0.25) is 0 Å². The van der Waals surface area contributed by atoms with Crippen LogP contribution in [0.3, 0.4) is 0 Å². The van der Waals surface area contributed by atoms with Crippen LogP contribution in [0, 0.1) is 10.8 Å². The molecule has 168 valence electrons. The summed E-state index contributed by atoms with van der Waals surface area (Å²) in [5.74, 6) is -0.140. The van der Waals surface area contributed by atoms with Crippen LogP contribution in [0.2, 0.25) is 0 Å². The van der Waals surface area contributed by atoms with E-state index in [9.17, 15) is 14.4 Å². The zero-order valence-electron chi connectivity index (χ0n) is 21.0. The van der Waals surface area contributed by atoms with Gasteiger partial charge in [-0.3, -0.25) is 14.4 Å². The topological polar surface area (TPSA) is 60.4 Å². The molecule has 1 rings (SSSR count). The van der Waals surface area contributed by atoms with Crippen LogP contribution in [0.4, 0.5) is 0 Å². The van der Waals surface area contributed by atoms with Gasteiger partial charge in [0.25, 0.3) is 0 Å². The molecule has 0 bridgehead atoms. The molecular formula is C26H40O4. The molecular weight excluding hydrogens is 376 g/mol. The Kier molecular flexibility index (Phi) is 7.19. The van der Waals surface area contributed by atoms with Crippen molar-refractivity contribution in [2.24, 2.45) is 10.8 Å². The first-order chi connectivity index (χ1) is 13.2. The number of Topliss-reactive ketones (excluding diaryl/α,β-unsaturated/α-hetero) is 2. The van der Waals surface area contributed by atoms with Gasteiger partial charge in [0.1, 0.15) is 17.9 Å². The minimum absolute atomic E-state index is 0.0321. The lowest BCUT2D eigenvalue weighted by atomic mass is 9.81.